The van der Waals surface area contributed by atoms with E-state index in [1.165, 1.54) is 11.0 Å². The number of amides is 1. The van der Waals surface area contributed by atoms with Gasteiger partial charge >= 0.3 is 6.18 Å². The predicted molar refractivity (Wildman–Crippen MR) is 156 cm³/mol. The zero-order chi connectivity index (χ0) is 29.4. The van der Waals surface area contributed by atoms with Crippen LogP contribution in [0.1, 0.15) is 35.7 Å². The van der Waals surface area contributed by atoms with Crippen molar-refractivity contribution in [2.75, 3.05) is 33.8 Å². The first-order valence-electron chi connectivity index (χ1n) is 13.3. The van der Waals surface area contributed by atoms with Gasteiger partial charge in [-0.05, 0) is 58.5 Å². The molecule has 0 bridgehead atoms. The molecule has 4 rings (SSSR count). The number of fused-ring (bicyclic) bond motifs is 1. The van der Waals surface area contributed by atoms with Crippen molar-refractivity contribution in [2.24, 2.45) is 0 Å². The lowest BCUT2D eigenvalue weighted by atomic mass is 9.87. The van der Waals surface area contributed by atoms with Gasteiger partial charge in [0.2, 0.25) is 5.91 Å². The van der Waals surface area contributed by atoms with Crippen molar-refractivity contribution < 1.29 is 22.7 Å². The third-order valence-electron chi connectivity index (χ3n) is 6.55. The second kappa shape index (κ2) is 13.3. The van der Waals surface area contributed by atoms with Gasteiger partial charge in [0.15, 0.2) is 5.69 Å². The highest BCUT2D eigenvalue weighted by atomic mass is 19.4. The summed E-state index contributed by atoms with van der Waals surface area (Å²) in [5.74, 6) is 0.608. The minimum Gasteiger partial charge on any atom is -0.492 e. The van der Waals surface area contributed by atoms with Crippen molar-refractivity contribution in [3.8, 4) is 5.75 Å². The monoisotopic (exact) mass is 562 g/mol. The van der Waals surface area contributed by atoms with Gasteiger partial charge in [-0.2, -0.15) is 18.3 Å². The molecule has 1 aromatic heterocycles. The van der Waals surface area contributed by atoms with Crippen LogP contribution >= 0.6 is 0 Å². The Bertz CT molecular complexity index is 1520. The van der Waals surface area contributed by atoms with Gasteiger partial charge in [-0.15, -0.1) is 0 Å². The third kappa shape index (κ3) is 7.43. The van der Waals surface area contributed by atoms with Crippen LogP contribution in [0.5, 0.6) is 5.75 Å². The maximum absolute atomic E-state index is 13.7. The molecule has 1 amide bonds. The van der Waals surface area contributed by atoms with Gasteiger partial charge in [-0.3, -0.25) is 9.89 Å². The lowest BCUT2D eigenvalue weighted by Gasteiger charge is -2.17. The number of allylic oxidation sites excluding steroid dienone is 1. The fraction of sp³-hybridized carbons (Fsp3) is 0.250. The minimum atomic E-state index is -4.57. The molecule has 6 nitrogen and oxygen atoms in total. The first-order chi connectivity index (χ1) is 19.7. The van der Waals surface area contributed by atoms with Crippen molar-refractivity contribution >= 4 is 28.0 Å². The van der Waals surface area contributed by atoms with Gasteiger partial charge < -0.3 is 15.0 Å². The van der Waals surface area contributed by atoms with E-state index in [4.69, 9.17) is 4.74 Å². The number of nitrogens with zero attached hydrogens (tertiary/aromatic N) is 2. The molecule has 0 radical (unpaired) electrons. The second-order valence-corrected chi connectivity index (χ2v) is 9.62. The predicted octanol–water partition coefficient (Wildman–Crippen LogP) is 6.56. The van der Waals surface area contributed by atoms with E-state index in [1.54, 1.807) is 32.3 Å². The molecule has 214 valence electrons. The largest absolute Gasteiger partial charge is 0.492 e. The number of hydrogen-bond acceptors (Lipinski definition) is 4. The molecule has 0 saturated carbocycles. The van der Waals surface area contributed by atoms with Crippen LogP contribution in [0.15, 0.2) is 84.9 Å². The molecule has 41 heavy (non-hydrogen) atoms. The number of aromatic nitrogens is 2. The summed E-state index contributed by atoms with van der Waals surface area (Å²) in [4.78, 5) is 13.1. The van der Waals surface area contributed by atoms with Crippen LogP contribution in [0.3, 0.4) is 0 Å². The zero-order valence-corrected chi connectivity index (χ0v) is 23.3. The molecule has 0 unspecified atom stereocenters. The van der Waals surface area contributed by atoms with E-state index >= 15 is 0 Å². The number of aromatic amines is 1. The Morgan fingerprint density at radius 2 is 1.71 bits per heavy atom. The molecule has 0 aliphatic rings. The molecule has 0 aliphatic carbocycles. The maximum Gasteiger partial charge on any atom is 0.435 e. The van der Waals surface area contributed by atoms with Crippen LogP contribution < -0.4 is 10.1 Å². The quantitative estimate of drug-likeness (QED) is 0.123. The summed E-state index contributed by atoms with van der Waals surface area (Å²) in [6.07, 6.45) is -0.609. The van der Waals surface area contributed by atoms with E-state index < -0.39 is 11.9 Å². The Morgan fingerprint density at radius 1 is 1.00 bits per heavy atom. The molecule has 0 spiro atoms. The molecule has 4 aromatic rings. The topological polar surface area (TPSA) is 70.2 Å². The molecule has 0 atom stereocenters. The van der Waals surface area contributed by atoms with Crippen LogP contribution in [0, 0.1) is 0 Å². The smallest absolute Gasteiger partial charge is 0.435 e. The van der Waals surface area contributed by atoms with Gasteiger partial charge in [0.05, 0.1) is 5.52 Å². The number of H-pyrrole nitrogens is 1. The van der Waals surface area contributed by atoms with Crippen LogP contribution in [0.4, 0.5) is 13.2 Å². The Labute approximate surface area is 237 Å². The fourth-order valence-electron chi connectivity index (χ4n) is 4.52. The first kappa shape index (κ1) is 29.6. The summed E-state index contributed by atoms with van der Waals surface area (Å²) in [5.41, 5.74) is 3.80. The van der Waals surface area contributed by atoms with Crippen molar-refractivity contribution in [2.45, 2.75) is 19.5 Å². The van der Waals surface area contributed by atoms with Gasteiger partial charge in [-0.25, -0.2) is 0 Å². The van der Waals surface area contributed by atoms with Crippen molar-refractivity contribution in [3.63, 3.8) is 0 Å². The lowest BCUT2D eigenvalue weighted by Crippen LogP contribution is -2.22. The van der Waals surface area contributed by atoms with E-state index in [2.05, 4.69) is 15.5 Å². The Hall–Kier alpha value is -4.37. The van der Waals surface area contributed by atoms with E-state index in [0.29, 0.717) is 42.9 Å². The number of halogens is 3. The first-order valence-corrected chi connectivity index (χ1v) is 13.3. The Balaban J connectivity index is 1.59. The minimum absolute atomic E-state index is 0.0318. The van der Waals surface area contributed by atoms with Crippen molar-refractivity contribution in [1.29, 1.82) is 0 Å². The SMILES string of the molecule is CC/C(=C(/c1ccc(OCCNC/C=C/C(=O)N(C)C)cc1)c1ccc2[nH]nc(C(F)(F)F)c2c1)c1ccccc1. The van der Waals surface area contributed by atoms with Gasteiger partial charge in [-0.1, -0.05) is 61.5 Å². The average molecular weight is 563 g/mol. The maximum atomic E-state index is 13.7. The summed E-state index contributed by atoms with van der Waals surface area (Å²) in [5, 5.41) is 9.26. The van der Waals surface area contributed by atoms with E-state index in [-0.39, 0.29) is 11.3 Å². The van der Waals surface area contributed by atoms with E-state index in [9.17, 15) is 18.0 Å². The van der Waals surface area contributed by atoms with Gasteiger partial charge in [0, 0.05) is 38.6 Å². The number of carbonyl (C=O) groups excluding carboxylic acids is 1. The standard InChI is InChI=1S/C32H33F3N4O2/c1-4-26(22-9-6-5-7-10-22)30(24-14-17-28-27(21-24)31(38-37-28)32(33,34)35)23-12-15-25(16-13-23)41-20-19-36-18-8-11-29(40)39(2)3/h5-17,21,36H,4,18-20H2,1-3H3,(H,37,38)/b11-8+,30-26+. The molecule has 1 heterocycles. The van der Waals surface area contributed by atoms with Crippen LogP contribution in [-0.4, -0.2) is 54.8 Å². The van der Waals surface area contributed by atoms with Crippen LogP contribution in [-0.2, 0) is 11.0 Å². The summed E-state index contributed by atoms with van der Waals surface area (Å²) in [6, 6.07) is 22.4. The summed E-state index contributed by atoms with van der Waals surface area (Å²) >= 11 is 0. The molecule has 2 N–H and O–H groups in total. The number of hydrogen-bond donors (Lipinski definition) is 2. The van der Waals surface area contributed by atoms with E-state index in [1.807, 2.05) is 67.6 Å². The zero-order valence-electron chi connectivity index (χ0n) is 23.3. The average Bonchev–Trinajstić information content (AvgIpc) is 3.40. The molecule has 9 heteroatoms. The molecular weight excluding hydrogens is 529 g/mol. The molecule has 3 aromatic carbocycles. The Morgan fingerprint density at radius 3 is 2.37 bits per heavy atom. The number of alkyl halides is 3. The summed E-state index contributed by atoms with van der Waals surface area (Å²) < 4.78 is 46.8. The van der Waals surface area contributed by atoms with E-state index in [0.717, 1.165) is 22.3 Å². The van der Waals surface area contributed by atoms with Gasteiger partial charge in [0.25, 0.3) is 0 Å². The summed E-state index contributed by atoms with van der Waals surface area (Å²) in [7, 11) is 3.40. The molecular formula is C32H33F3N4O2. The normalized spacial score (nSPS) is 12.5. The highest BCUT2D eigenvalue weighted by Crippen LogP contribution is 2.38. The molecule has 0 aliphatic heterocycles. The second-order valence-electron chi connectivity index (χ2n) is 9.62. The molecule has 0 fully saturated rings. The number of rotatable bonds is 11. The van der Waals surface area contributed by atoms with Crippen molar-refractivity contribution in [3.05, 3.63) is 107 Å². The Kier molecular flexibility index (Phi) is 9.62. The van der Waals surface area contributed by atoms with Crippen LogP contribution in [0.25, 0.3) is 22.0 Å². The fourth-order valence-corrected chi connectivity index (χ4v) is 4.52. The van der Waals surface area contributed by atoms with Crippen molar-refractivity contribution in [1.82, 2.24) is 20.4 Å². The molecule has 0 saturated heterocycles. The highest BCUT2D eigenvalue weighted by Gasteiger charge is 2.36. The number of ether oxygens (including phenoxy) is 1. The van der Waals surface area contributed by atoms with Crippen LogP contribution in [0.2, 0.25) is 0 Å². The number of benzene rings is 3. The lowest BCUT2D eigenvalue weighted by molar-refractivity contribution is -0.140. The number of likely N-dealkylation sites (N-methyl/N-ethyl adjacent to an activating group) is 1. The van der Waals surface area contributed by atoms with Gasteiger partial charge in [0.1, 0.15) is 12.4 Å². The summed E-state index contributed by atoms with van der Waals surface area (Å²) in [6.45, 7) is 3.61. The number of carbonyl (C=O) groups is 1. The number of nitrogens with one attached hydrogen (secondary N) is 2. The third-order valence-corrected chi connectivity index (χ3v) is 6.55. The highest BCUT2D eigenvalue weighted by molar-refractivity contribution is 6.00.